The van der Waals surface area contributed by atoms with Gasteiger partial charge >= 0.3 is 5.97 Å². The fraction of sp³-hybridized carbons (Fsp3) is 0.333. The zero-order chi connectivity index (χ0) is 15.0. The molecule has 108 valence electrons. The normalized spacial score (nSPS) is 10.6. The lowest BCUT2D eigenvalue weighted by molar-refractivity contribution is -0.141. The van der Waals surface area contributed by atoms with Crippen LogP contribution in [0.15, 0.2) is 34.8 Å². The van der Waals surface area contributed by atoms with Crippen molar-refractivity contribution in [1.82, 2.24) is 4.90 Å². The monoisotopic (exact) mass is 339 g/mol. The van der Waals surface area contributed by atoms with E-state index in [1.807, 2.05) is 24.3 Å². The number of halogens is 1. The first kappa shape index (κ1) is 16.4. The van der Waals surface area contributed by atoms with E-state index in [0.717, 1.165) is 10.0 Å². The van der Waals surface area contributed by atoms with Gasteiger partial charge in [-0.15, -0.1) is 0 Å². The van der Waals surface area contributed by atoms with Crippen LogP contribution in [-0.4, -0.2) is 37.5 Å². The number of rotatable bonds is 6. The predicted octanol–water partition coefficient (Wildman–Crippen LogP) is 2.87. The van der Waals surface area contributed by atoms with Crippen LogP contribution >= 0.6 is 15.9 Å². The largest absolute Gasteiger partial charge is 0.469 e. The highest BCUT2D eigenvalue weighted by Crippen LogP contribution is 2.12. The van der Waals surface area contributed by atoms with Gasteiger partial charge in [-0.2, -0.15) is 0 Å². The van der Waals surface area contributed by atoms with Crippen molar-refractivity contribution in [3.63, 3.8) is 0 Å². The zero-order valence-electron chi connectivity index (χ0n) is 11.6. The van der Waals surface area contributed by atoms with Crippen molar-refractivity contribution < 1.29 is 14.3 Å². The van der Waals surface area contributed by atoms with E-state index in [4.69, 9.17) is 0 Å². The Morgan fingerprint density at radius 1 is 1.40 bits per heavy atom. The average molecular weight is 340 g/mol. The Hall–Kier alpha value is -1.62. The van der Waals surface area contributed by atoms with Crippen molar-refractivity contribution in [2.45, 2.75) is 12.8 Å². The summed E-state index contributed by atoms with van der Waals surface area (Å²) in [7, 11) is 3.07. The molecule has 0 N–H and O–H groups in total. The molecule has 4 nitrogen and oxygen atoms in total. The molecule has 5 heteroatoms. The van der Waals surface area contributed by atoms with Crippen LogP contribution in [0.2, 0.25) is 0 Å². The van der Waals surface area contributed by atoms with Crippen LogP contribution in [-0.2, 0) is 14.3 Å². The Bertz CT molecular complexity index is 500. The first-order chi connectivity index (χ1) is 9.52. The molecule has 0 radical (unpaired) electrons. The molecule has 0 aromatic heterocycles. The number of hydrogen-bond donors (Lipinski definition) is 0. The van der Waals surface area contributed by atoms with Gasteiger partial charge in [-0.3, -0.25) is 9.59 Å². The Morgan fingerprint density at radius 2 is 2.15 bits per heavy atom. The summed E-state index contributed by atoms with van der Waals surface area (Å²) in [5.74, 6) is -0.342. The van der Waals surface area contributed by atoms with Gasteiger partial charge in [0.15, 0.2) is 0 Å². The average Bonchev–Trinajstić information content (AvgIpc) is 2.44. The van der Waals surface area contributed by atoms with E-state index in [1.165, 1.54) is 13.2 Å². The van der Waals surface area contributed by atoms with Gasteiger partial charge in [0.1, 0.15) is 0 Å². The summed E-state index contributed by atoms with van der Waals surface area (Å²) in [5, 5.41) is 0. The number of nitrogens with zero attached hydrogens (tertiary/aromatic N) is 1. The molecule has 0 heterocycles. The summed E-state index contributed by atoms with van der Waals surface area (Å²) < 4.78 is 5.52. The number of benzene rings is 1. The highest BCUT2D eigenvalue weighted by molar-refractivity contribution is 9.10. The van der Waals surface area contributed by atoms with Crippen molar-refractivity contribution in [1.29, 1.82) is 0 Å². The maximum atomic E-state index is 11.9. The zero-order valence-corrected chi connectivity index (χ0v) is 13.2. The maximum Gasteiger partial charge on any atom is 0.305 e. The molecule has 0 atom stereocenters. The molecule has 0 bridgehead atoms. The molecular weight excluding hydrogens is 322 g/mol. The van der Waals surface area contributed by atoms with Crippen molar-refractivity contribution >= 4 is 33.9 Å². The molecule has 20 heavy (non-hydrogen) atoms. The number of esters is 1. The summed E-state index contributed by atoms with van der Waals surface area (Å²) in [6.07, 6.45) is 4.22. The molecule has 0 aliphatic heterocycles. The number of amides is 1. The third-order valence-corrected chi connectivity index (χ3v) is 3.24. The second-order valence-corrected chi connectivity index (χ2v) is 5.24. The molecule has 1 aromatic rings. The Balaban J connectivity index is 2.43. The maximum absolute atomic E-state index is 11.9. The molecular formula is C15H18BrNO3. The smallest absolute Gasteiger partial charge is 0.305 e. The Morgan fingerprint density at radius 3 is 2.80 bits per heavy atom. The number of carbonyl (C=O) groups is 2. The van der Waals surface area contributed by atoms with Gasteiger partial charge in [0.25, 0.3) is 0 Å². The van der Waals surface area contributed by atoms with Crippen molar-refractivity contribution in [3.05, 3.63) is 40.4 Å². The van der Waals surface area contributed by atoms with Crippen molar-refractivity contribution in [3.8, 4) is 0 Å². The molecule has 1 amide bonds. The second-order valence-electron chi connectivity index (χ2n) is 4.33. The minimum atomic E-state index is -0.254. The van der Waals surface area contributed by atoms with E-state index in [9.17, 15) is 9.59 Å². The number of methoxy groups -OCH3 is 1. The lowest BCUT2D eigenvalue weighted by atomic mass is 10.2. The highest BCUT2D eigenvalue weighted by Gasteiger charge is 2.06. The van der Waals surface area contributed by atoms with E-state index in [2.05, 4.69) is 20.7 Å². The van der Waals surface area contributed by atoms with Crippen molar-refractivity contribution in [2.75, 3.05) is 20.7 Å². The van der Waals surface area contributed by atoms with E-state index in [-0.39, 0.29) is 11.9 Å². The molecule has 0 fully saturated rings. The minimum Gasteiger partial charge on any atom is -0.469 e. The summed E-state index contributed by atoms with van der Waals surface area (Å²) in [6.45, 7) is 0.525. The molecule has 0 aliphatic carbocycles. The molecule has 0 unspecified atom stereocenters. The first-order valence-corrected chi connectivity index (χ1v) is 7.08. The first-order valence-electron chi connectivity index (χ1n) is 6.28. The van der Waals surface area contributed by atoms with Gasteiger partial charge in [0.05, 0.1) is 7.11 Å². The third kappa shape index (κ3) is 6.02. The summed E-state index contributed by atoms with van der Waals surface area (Å²) >= 11 is 3.38. The quantitative estimate of drug-likeness (QED) is 0.591. The highest BCUT2D eigenvalue weighted by atomic mass is 79.9. The number of ether oxygens (including phenoxy) is 1. The lowest BCUT2D eigenvalue weighted by Gasteiger charge is -2.14. The van der Waals surface area contributed by atoms with Crippen LogP contribution in [0.5, 0.6) is 0 Å². The fourth-order valence-corrected chi connectivity index (χ4v) is 1.99. The van der Waals surface area contributed by atoms with E-state index < -0.39 is 0 Å². The topological polar surface area (TPSA) is 46.6 Å². The summed E-state index contributed by atoms with van der Waals surface area (Å²) in [5.41, 5.74) is 0.954. The molecule has 1 rings (SSSR count). The van der Waals surface area contributed by atoms with E-state index in [1.54, 1.807) is 18.0 Å². The number of carbonyl (C=O) groups excluding carboxylic acids is 2. The van der Waals surface area contributed by atoms with Crippen LogP contribution in [0.25, 0.3) is 6.08 Å². The molecule has 1 aromatic carbocycles. The minimum absolute atomic E-state index is 0.0881. The molecule has 0 saturated carbocycles. The molecule has 0 spiro atoms. The van der Waals surface area contributed by atoms with Gasteiger partial charge in [0.2, 0.25) is 5.91 Å². The lowest BCUT2D eigenvalue weighted by Crippen LogP contribution is -2.26. The SMILES string of the molecule is COC(=O)CCCN(C)C(=O)/C=C/c1cccc(Br)c1. The van der Waals surface area contributed by atoms with Gasteiger partial charge < -0.3 is 9.64 Å². The number of likely N-dealkylation sites (N-methyl/N-ethyl adjacent to an activating group) is 1. The molecule has 0 aliphatic rings. The van der Waals surface area contributed by atoms with Crippen LogP contribution in [0.3, 0.4) is 0 Å². The summed E-state index contributed by atoms with van der Waals surface area (Å²) in [6, 6.07) is 7.69. The van der Waals surface area contributed by atoms with Crippen LogP contribution in [0.4, 0.5) is 0 Å². The van der Waals surface area contributed by atoms with Crippen LogP contribution < -0.4 is 0 Å². The summed E-state index contributed by atoms with van der Waals surface area (Å²) in [4.78, 5) is 24.4. The fourth-order valence-electron chi connectivity index (χ4n) is 1.58. The van der Waals surface area contributed by atoms with Crippen molar-refractivity contribution in [2.24, 2.45) is 0 Å². The Kier molecular flexibility index (Phi) is 7.01. The van der Waals surface area contributed by atoms with Gasteiger partial charge in [-0.05, 0) is 30.2 Å². The van der Waals surface area contributed by atoms with Crippen LogP contribution in [0.1, 0.15) is 18.4 Å². The van der Waals surface area contributed by atoms with E-state index >= 15 is 0 Å². The van der Waals surface area contributed by atoms with Gasteiger partial charge in [0, 0.05) is 30.6 Å². The molecule has 0 saturated heterocycles. The third-order valence-electron chi connectivity index (χ3n) is 2.75. The second kappa shape index (κ2) is 8.53. The van der Waals surface area contributed by atoms with E-state index in [0.29, 0.717) is 19.4 Å². The predicted molar refractivity (Wildman–Crippen MR) is 82.1 cm³/mol. The number of hydrogen-bond acceptors (Lipinski definition) is 3. The Labute approximate surface area is 127 Å². The van der Waals surface area contributed by atoms with Gasteiger partial charge in [-0.25, -0.2) is 0 Å². The van der Waals surface area contributed by atoms with Gasteiger partial charge in [-0.1, -0.05) is 28.1 Å². The van der Waals surface area contributed by atoms with Crippen LogP contribution in [0, 0.1) is 0 Å². The standard InChI is InChI=1S/C15H18BrNO3/c1-17(10-4-7-15(19)20-2)14(18)9-8-12-5-3-6-13(16)11-12/h3,5-6,8-9,11H,4,7,10H2,1-2H3/b9-8+.